The van der Waals surface area contributed by atoms with E-state index in [0.29, 0.717) is 6.54 Å². The molecule has 3 nitrogen and oxygen atoms in total. The number of likely N-dealkylation sites (tertiary alicyclic amines) is 1. The summed E-state index contributed by atoms with van der Waals surface area (Å²) in [7, 11) is 0. The van der Waals surface area contributed by atoms with E-state index in [2.05, 4.69) is 4.90 Å². The van der Waals surface area contributed by atoms with Crippen LogP contribution in [0.1, 0.15) is 30.6 Å². The molecule has 2 N–H and O–H groups in total. The zero-order chi connectivity index (χ0) is 9.80. The minimum Gasteiger partial charge on any atom is -0.468 e. The average molecular weight is 194 g/mol. The van der Waals surface area contributed by atoms with E-state index in [1.807, 2.05) is 6.07 Å². The normalized spacial score (nSPS) is 18.6. The number of piperidine rings is 1. The Morgan fingerprint density at radius 2 is 2.07 bits per heavy atom. The van der Waals surface area contributed by atoms with Crippen molar-refractivity contribution in [2.45, 2.75) is 32.4 Å². The molecule has 0 unspecified atom stereocenters. The Balaban J connectivity index is 1.95. The molecule has 0 aliphatic carbocycles. The fraction of sp³-hybridized carbons (Fsp3) is 0.636. The second kappa shape index (κ2) is 4.62. The lowest BCUT2D eigenvalue weighted by molar-refractivity contribution is 0.219. The molecular formula is C11H18N2O. The van der Waals surface area contributed by atoms with Crippen LogP contribution in [-0.4, -0.2) is 18.0 Å². The van der Waals surface area contributed by atoms with E-state index in [4.69, 9.17) is 10.2 Å². The van der Waals surface area contributed by atoms with E-state index < -0.39 is 0 Å². The largest absolute Gasteiger partial charge is 0.468 e. The van der Waals surface area contributed by atoms with E-state index >= 15 is 0 Å². The van der Waals surface area contributed by atoms with Crippen molar-refractivity contribution in [3.8, 4) is 0 Å². The van der Waals surface area contributed by atoms with Crippen molar-refractivity contribution in [2.24, 2.45) is 5.73 Å². The maximum absolute atomic E-state index is 5.59. The van der Waals surface area contributed by atoms with Crippen LogP contribution in [0.3, 0.4) is 0 Å². The van der Waals surface area contributed by atoms with Crippen molar-refractivity contribution < 1.29 is 4.42 Å². The van der Waals surface area contributed by atoms with Crippen LogP contribution in [0.4, 0.5) is 0 Å². The van der Waals surface area contributed by atoms with Crippen molar-refractivity contribution in [2.75, 3.05) is 13.1 Å². The first-order valence-electron chi connectivity index (χ1n) is 5.38. The lowest BCUT2D eigenvalue weighted by atomic mass is 10.1. The predicted octanol–water partition coefficient (Wildman–Crippen LogP) is 1.72. The van der Waals surface area contributed by atoms with Crippen LogP contribution in [0.15, 0.2) is 16.7 Å². The third-order valence-electron chi connectivity index (χ3n) is 2.87. The number of nitrogens with zero attached hydrogens (tertiary/aromatic N) is 1. The zero-order valence-corrected chi connectivity index (χ0v) is 8.54. The first-order chi connectivity index (χ1) is 6.90. The monoisotopic (exact) mass is 194 g/mol. The zero-order valence-electron chi connectivity index (χ0n) is 8.54. The van der Waals surface area contributed by atoms with Crippen LogP contribution in [0.5, 0.6) is 0 Å². The molecule has 1 aliphatic rings. The Morgan fingerprint density at radius 3 is 2.79 bits per heavy atom. The summed E-state index contributed by atoms with van der Waals surface area (Å²) in [5, 5.41) is 0. The second-order valence-corrected chi connectivity index (χ2v) is 3.91. The first kappa shape index (κ1) is 9.74. The Bertz CT molecular complexity index is 277. The molecule has 0 spiro atoms. The van der Waals surface area contributed by atoms with Crippen molar-refractivity contribution in [1.29, 1.82) is 0 Å². The molecule has 14 heavy (non-hydrogen) atoms. The van der Waals surface area contributed by atoms with Gasteiger partial charge in [-0.15, -0.1) is 0 Å². The Morgan fingerprint density at radius 1 is 1.29 bits per heavy atom. The molecule has 0 bridgehead atoms. The van der Waals surface area contributed by atoms with Crippen LogP contribution in [0.25, 0.3) is 0 Å². The molecule has 0 saturated carbocycles. The molecule has 78 valence electrons. The third kappa shape index (κ3) is 2.16. The molecule has 1 aromatic rings. The Labute approximate surface area is 84.9 Å². The number of nitrogens with two attached hydrogens (primary N) is 1. The van der Waals surface area contributed by atoms with E-state index in [9.17, 15) is 0 Å². The van der Waals surface area contributed by atoms with E-state index in [-0.39, 0.29) is 0 Å². The summed E-state index contributed by atoms with van der Waals surface area (Å²) in [6.07, 6.45) is 5.78. The average Bonchev–Trinajstić information content (AvgIpc) is 2.67. The second-order valence-electron chi connectivity index (χ2n) is 3.91. The van der Waals surface area contributed by atoms with Gasteiger partial charge in [-0.3, -0.25) is 4.90 Å². The Hall–Kier alpha value is -0.800. The molecule has 2 heterocycles. The molecule has 0 atom stereocenters. The maximum Gasteiger partial charge on any atom is 0.121 e. The fourth-order valence-electron chi connectivity index (χ4n) is 2.05. The molecule has 0 aromatic carbocycles. The highest BCUT2D eigenvalue weighted by molar-refractivity contribution is 5.16. The highest BCUT2D eigenvalue weighted by atomic mass is 16.3. The predicted molar refractivity (Wildman–Crippen MR) is 55.7 cm³/mol. The summed E-state index contributed by atoms with van der Waals surface area (Å²) < 4.78 is 5.30. The van der Waals surface area contributed by atoms with Crippen molar-refractivity contribution in [3.05, 3.63) is 23.7 Å². The van der Waals surface area contributed by atoms with E-state index in [1.54, 1.807) is 6.26 Å². The van der Waals surface area contributed by atoms with Gasteiger partial charge in [-0.25, -0.2) is 0 Å². The van der Waals surface area contributed by atoms with Gasteiger partial charge in [0.25, 0.3) is 0 Å². The summed E-state index contributed by atoms with van der Waals surface area (Å²) >= 11 is 0. The molecule has 2 rings (SSSR count). The standard InChI is InChI=1S/C11H18N2O/c12-8-11-10(4-7-14-11)9-13-5-2-1-3-6-13/h4,7H,1-3,5-6,8-9,12H2. The highest BCUT2D eigenvalue weighted by Crippen LogP contribution is 2.16. The number of rotatable bonds is 3. The van der Waals surface area contributed by atoms with Crippen LogP contribution in [-0.2, 0) is 13.1 Å². The highest BCUT2D eigenvalue weighted by Gasteiger charge is 2.13. The number of hydrogen-bond acceptors (Lipinski definition) is 3. The van der Waals surface area contributed by atoms with Gasteiger partial charge in [0, 0.05) is 12.1 Å². The SMILES string of the molecule is NCc1occc1CN1CCCCC1. The number of hydrogen-bond donors (Lipinski definition) is 1. The summed E-state index contributed by atoms with van der Waals surface area (Å²) in [5.41, 5.74) is 6.85. The summed E-state index contributed by atoms with van der Waals surface area (Å²) in [4.78, 5) is 2.48. The molecule has 1 saturated heterocycles. The quantitative estimate of drug-likeness (QED) is 0.796. The lowest BCUT2D eigenvalue weighted by Gasteiger charge is -2.26. The lowest BCUT2D eigenvalue weighted by Crippen LogP contribution is -2.29. The minimum atomic E-state index is 0.510. The van der Waals surface area contributed by atoms with Crippen LogP contribution in [0.2, 0.25) is 0 Å². The molecule has 1 aliphatic heterocycles. The smallest absolute Gasteiger partial charge is 0.121 e. The molecule has 1 fully saturated rings. The summed E-state index contributed by atoms with van der Waals surface area (Å²) in [6.45, 7) is 3.95. The fourth-order valence-corrected chi connectivity index (χ4v) is 2.05. The summed E-state index contributed by atoms with van der Waals surface area (Å²) in [6, 6.07) is 2.04. The van der Waals surface area contributed by atoms with Gasteiger partial charge >= 0.3 is 0 Å². The molecular weight excluding hydrogens is 176 g/mol. The van der Waals surface area contributed by atoms with Gasteiger partial charge < -0.3 is 10.2 Å². The third-order valence-corrected chi connectivity index (χ3v) is 2.87. The Kier molecular flexibility index (Phi) is 3.22. The summed E-state index contributed by atoms with van der Waals surface area (Å²) in [5.74, 6) is 0.940. The van der Waals surface area contributed by atoms with Gasteiger partial charge in [0.05, 0.1) is 12.8 Å². The van der Waals surface area contributed by atoms with Gasteiger partial charge in [0.2, 0.25) is 0 Å². The van der Waals surface area contributed by atoms with Crippen LogP contribution in [0, 0.1) is 0 Å². The van der Waals surface area contributed by atoms with Crippen molar-refractivity contribution in [3.63, 3.8) is 0 Å². The van der Waals surface area contributed by atoms with Crippen LogP contribution < -0.4 is 5.73 Å². The molecule has 1 aromatic heterocycles. The van der Waals surface area contributed by atoms with Gasteiger partial charge in [-0.1, -0.05) is 6.42 Å². The van der Waals surface area contributed by atoms with Gasteiger partial charge in [-0.2, -0.15) is 0 Å². The van der Waals surface area contributed by atoms with Crippen molar-refractivity contribution >= 4 is 0 Å². The first-order valence-corrected chi connectivity index (χ1v) is 5.38. The molecule has 0 radical (unpaired) electrons. The van der Waals surface area contributed by atoms with E-state index in [1.165, 1.54) is 37.9 Å². The molecule has 0 amide bonds. The topological polar surface area (TPSA) is 42.4 Å². The maximum atomic E-state index is 5.59. The minimum absolute atomic E-state index is 0.510. The number of furan rings is 1. The van der Waals surface area contributed by atoms with Crippen LogP contribution >= 0.6 is 0 Å². The van der Waals surface area contributed by atoms with Crippen molar-refractivity contribution in [1.82, 2.24) is 4.90 Å². The van der Waals surface area contributed by atoms with E-state index in [0.717, 1.165) is 12.3 Å². The van der Waals surface area contributed by atoms with Gasteiger partial charge in [0.15, 0.2) is 0 Å². The van der Waals surface area contributed by atoms with Gasteiger partial charge in [-0.05, 0) is 32.0 Å². The van der Waals surface area contributed by atoms with Gasteiger partial charge in [0.1, 0.15) is 5.76 Å². The molecule has 3 heteroatoms.